The fraction of sp³-hybridized carbons (Fsp3) is 1.00. The Morgan fingerprint density at radius 2 is 1.47 bits per heavy atom. The topological polar surface area (TPSA) is 0 Å². The van der Waals surface area contributed by atoms with Crippen molar-refractivity contribution in [3.8, 4) is 0 Å². The molecule has 0 bridgehead atoms. The van der Waals surface area contributed by atoms with Gasteiger partial charge in [-0.3, -0.25) is 0 Å². The van der Waals surface area contributed by atoms with Crippen LogP contribution in [0, 0.1) is 11.3 Å². The van der Waals surface area contributed by atoms with Crippen LogP contribution >= 0.6 is 0 Å². The van der Waals surface area contributed by atoms with Crippen molar-refractivity contribution in [3.05, 3.63) is 0 Å². The van der Waals surface area contributed by atoms with E-state index in [9.17, 15) is 0 Å². The molecule has 0 aliphatic rings. The predicted molar refractivity (Wildman–Crippen MR) is 71.2 cm³/mol. The van der Waals surface area contributed by atoms with Crippen LogP contribution < -0.4 is 0 Å². The van der Waals surface area contributed by atoms with E-state index in [2.05, 4.69) is 34.6 Å². The molecule has 0 saturated heterocycles. The molecule has 0 radical (unpaired) electrons. The number of hydrogen-bond acceptors (Lipinski definition) is 0. The zero-order valence-electron chi connectivity index (χ0n) is 11.7. The Morgan fingerprint density at radius 3 is 1.93 bits per heavy atom. The Morgan fingerprint density at radius 1 is 0.867 bits per heavy atom. The van der Waals surface area contributed by atoms with E-state index in [0.29, 0.717) is 5.41 Å². The van der Waals surface area contributed by atoms with E-state index < -0.39 is 0 Å². The maximum absolute atomic E-state index is 2.44. The molecule has 1 atom stereocenters. The zero-order chi connectivity index (χ0) is 11.7. The molecular weight excluding hydrogens is 180 g/mol. The van der Waals surface area contributed by atoms with Gasteiger partial charge in [0.25, 0.3) is 0 Å². The molecule has 0 fully saturated rings. The quantitative estimate of drug-likeness (QED) is 0.423. The average Bonchev–Trinajstić information content (AvgIpc) is 2.23. The largest absolute Gasteiger partial charge is 0.0654 e. The highest BCUT2D eigenvalue weighted by Gasteiger charge is 2.25. The van der Waals surface area contributed by atoms with Crippen molar-refractivity contribution >= 4 is 0 Å². The van der Waals surface area contributed by atoms with Gasteiger partial charge in [0.05, 0.1) is 0 Å². The Balaban J connectivity index is 3.71. The SMILES string of the molecule is CCCCCCCC(CC)C(C)(C)CC. The lowest BCUT2D eigenvalue weighted by molar-refractivity contribution is 0.180. The molecule has 0 aromatic rings. The number of hydrogen-bond donors (Lipinski definition) is 0. The fourth-order valence-corrected chi connectivity index (χ4v) is 2.43. The smallest absolute Gasteiger partial charge is 0.0329 e. The maximum Gasteiger partial charge on any atom is -0.0329 e. The minimum atomic E-state index is 0.555. The summed E-state index contributed by atoms with van der Waals surface area (Å²) in [6.07, 6.45) is 11.2. The molecule has 0 heteroatoms. The molecule has 1 unspecified atom stereocenters. The van der Waals surface area contributed by atoms with Crippen molar-refractivity contribution in [3.63, 3.8) is 0 Å². The average molecular weight is 212 g/mol. The van der Waals surface area contributed by atoms with E-state index >= 15 is 0 Å². The lowest BCUT2D eigenvalue weighted by atomic mass is 9.73. The van der Waals surface area contributed by atoms with Gasteiger partial charge in [0, 0.05) is 0 Å². The summed E-state index contributed by atoms with van der Waals surface area (Å²) in [6, 6.07) is 0. The summed E-state index contributed by atoms with van der Waals surface area (Å²) >= 11 is 0. The first-order valence-corrected chi connectivity index (χ1v) is 7.08. The van der Waals surface area contributed by atoms with Crippen molar-refractivity contribution in [2.45, 2.75) is 86.0 Å². The van der Waals surface area contributed by atoms with Crippen LogP contribution in [-0.4, -0.2) is 0 Å². The van der Waals surface area contributed by atoms with Crippen molar-refractivity contribution in [1.29, 1.82) is 0 Å². The summed E-state index contributed by atoms with van der Waals surface area (Å²) in [4.78, 5) is 0. The van der Waals surface area contributed by atoms with Gasteiger partial charge in [0.15, 0.2) is 0 Å². The summed E-state index contributed by atoms with van der Waals surface area (Å²) in [5.41, 5.74) is 0.555. The van der Waals surface area contributed by atoms with E-state index in [1.807, 2.05) is 0 Å². The van der Waals surface area contributed by atoms with Gasteiger partial charge in [-0.2, -0.15) is 0 Å². The van der Waals surface area contributed by atoms with Gasteiger partial charge in [0.1, 0.15) is 0 Å². The molecule has 0 rings (SSSR count). The molecule has 92 valence electrons. The first-order valence-electron chi connectivity index (χ1n) is 7.08. The number of unbranched alkanes of at least 4 members (excludes halogenated alkanes) is 4. The van der Waals surface area contributed by atoms with Crippen LogP contribution in [0.3, 0.4) is 0 Å². The summed E-state index contributed by atoms with van der Waals surface area (Å²) in [5, 5.41) is 0. The summed E-state index contributed by atoms with van der Waals surface area (Å²) in [6.45, 7) is 11.9. The molecule has 0 spiro atoms. The summed E-state index contributed by atoms with van der Waals surface area (Å²) in [7, 11) is 0. The first kappa shape index (κ1) is 15.0. The third kappa shape index (κ3) is 6.22. The van der Waals surface area contributed by atoms with Gasteiger partial charge in [0.2, 0.25) is 0 Å². The van der Waals surface area contributed by atoms with Crippen LogP contribution in [0.4, 0.5) is 0 Å². The molecular formula is C15H32. The van der Waals surface area contributed by atoms with Gasteiger partial charge >= 0.3 is 0 Å². The van der Waals surface area contributed by atoms with Crippen LogP contribution in [0.2, 0.25) is 0 Å². The van der Waals surface area contributed by atoms with Crippen LogP contribution in [0.1, 0.15) is 86.0 Å². The highest BCUT2D eigenvalue weighted by molar-refractivity contribution is 4.76. The van der Waals surface area contributed by atoms with Crippen molar-refractivity contribution in [2.24, 2.45) is 11.3 Å². The van der Waals surface area contributed by atoms with Crippen molar-refractivity contribution in [2.75, 3.05) is 0 Å². The second-order valence-electron chi connectivity index (χ2n) is 5.65. The maximum atomic E-state index is 2.44. The van der Waals surface area contributed by atoms with Crippen LogP contribution in [0.25, 0.3) is 0 Å². The zero-order valence-corrected chi connectivity index (χ0v) is 11.7. The minimum Gasteiger partial charge on any atom is -0.0654 e. The van der Waals surface area contributed by atoms with Gasteiger partial charge in [-0.15, -0.1) is 0 Å². The first-order chi connectivity index (χ1) is 7.08. The Bertz CT molecular complexity index is 135. The normalized spacial score (nSPS) is 14.2. The number of rotatable bonds is 9. The molecule has 0 nitrogen and oxygen atoms in total. The van der Waals surface area contributed by atoms with Gasteiger partial charge in [-0.25, -0.2) is 0 Å². The molecule has 0 aromatic carbocycles. The van der Waals surface area contributed by atoms with Crippen molar-refractivity contribution < 1.29 is 0 Å². The highest BCUT2D eigenvalue weighted by atomic mass is 14.3. The molecule has 0 aliphatic heterocycles. The lowest BCUT2D eigenvalue weighted by Crippen LogP contribution is -2.22. The second kappa shape index (κ2) is 8.19. The van der Waals surface area contributed by atoms with E-state index in [1.165, 1.54) is 51.4 Å². The molecule has 15 heavy (non-hydrogen) atoms. The molecule has 0 aliphatic carbocycles. The van der Waals surface area contributed by atoms with E-state index in [-0.39, 0.29) is 0 Å². The molecule has 0 N–H and O–H groups in total. The summed E-state index contributed by atoms with van der Waals surface area (Å²) in [5.74, 6) is 0.934. The lowest BCUT2D eigenvalue weighted by Gasteiger charge is -2.33. The van der Waals surface area contributed by atoms with Gasteiger partial charge in [-0.05, 0) is 17.8 Å². The third-order valence-corrected chi connectivity index (χ3v) is 4.17. The summed E-state index contributed by atoms with van der Waals surface area (Å²) < 4.78 is 0. The second-order valence-corrected chi connectivity index (χ2v) is 5.65. The molecule has 0 saturated carbocycles. The third-order valence-electron chi connectivity index (χ3n) is 4.17. The van der Waals surface area contributed by atoms with Crippen molar-refractivity contribution in [1.82, 2.24) is 0 Å². The van der Waals surface area contributed by atoms with E-state index in [4.69, 9.17) is 0 Å². The standard InChI is InChI=1S/C15H32/c1-6-9-10-11-12-13-14(7-2)15(4,5)8-3/h14H,6-13H2,1-5H3. The Hall–Kier alpha value is 0. The van der Waals surface area contributed by atoms with Crippen LogP contribution in [0.15, 0.2) is 0 Å². The fourth-order valence-electron chi connectivity index (χ4n) is 2.43. The Labute approximate surface area is 97.8 Å². The van der Waals surface area contributed by atoms with Crippen LogP contribution in [-0.2, 0) is 0 Å². The minimum absolute atomic E-state index is 0.555. The Kier molecular flexibility index (Phi) is 8.19. The monoisotopic (exact) mass is 212 g/mol. The van der Waals surface area contributed by atoms with Crippen LogP contribution in [0.5, 0.6) is 0 Å². The van der Waals surface area contributed by atoms with E-state index in [0.717, 1.165) is 5.92 Å². The highest BCUT2D eigenvalue weighted by Crippen LogP contribution is 2.36. The predicted octanol–water partition coefficient (Wildman–Crippen LogP) is 5.81. The van der Waals surface area contributed by atoms with Gasteiger partial charge < -0.3 is 0 Å². The molecule has 0 amide bonds. The molecule has 0 aromatic heterocycles. The molecule has 0 heterocycles. The van der Waals surface area contributed by atoms with E-state index in [1.54, 1.807) is 0 Å². The van der Waals surface area contributed by atoms with Gasteiger partial charge in [-0.1, -0.05) is 79.6 Å².